The largest absolute Gasteiger partial charge is 0.491 e. The molecule has 0 atom stereocenters. The van der Waals surface area contributed by atoms with Crippen LogP contribution in [0.4, 0.5) is 4.39 Å². The van der Waals surface area contributed by atoms with Gasteiger partial charge in [0.15, 0.2) is 0 Å². The number of rotatable bonds is 3. The average molecular weight is 371 g/mol. The topological polar surface area (TPSA) is 21.7 Å². The zero-order valence-electron chi connectivity index (χ0n) is 16.4. The summed E-state index contributed by atoms with van der Waals surface area (Å²) in [6.45, 7) is 9.12. The molecule has 0 fully saturated rings. The van der Waals surface area contributed by atoms with Crippen LogP contribution >= 0.6 is 0 Å². The van der Waals surface area contributed by atoms with E-state index in [1.165, 1.54) is 23.6 Å². The van der Waals surface area contributed by atoms with Crippen molar-refractivity contribution in [3.8, 4) is 5.75 Å². The highest BCUT2D eigenvalue weighted by Gasteiger charge is 2.11. The Balaban J connectivity index is 1.82. The van der Waals surface area contributed by atoms with Crippen molar-refractivity contribution in [2.75, 3.05) is 32.9 Å². The van der Waals surface area contributed by atoms with Crippen LogP contribution in [-0.2, 0) is 17.7 Å². The van der Waals surface area contributed by atoms with Gasteiger partial charge in [-0.3, -0.25) is 4.90 Å². The SMILES string of the molecule is CC(C)CCN1CCOCCOc2ccc(F)cc2Cc2cccc(c2)C1. The van der Waals surface area contributed by atoms with Crippen LogP contribution in [0.25, 0.3) is 0 Å². The molecule has 0 N–H and O–H groups in total. The molecule has 2 aromatic carbocycles. The minimum Gasteiger partial charge on any atom is -0.491 e. The Hall–Kier alpha value is -1.91. The van der Waals surface area contributed by atoms with E-state index in [0.717, 1.165) is 30.9 Å². The van der Waals surface area contributed by atoms with Crippen LogP contribution in [0.1, 0.15) is 37.0 Å². The Labute approximate surface area is 162 Å². The van der Waals surface area contributed by atoms with E-state index in [4.69, 9.17) is 9.47 Å². The molecule has 0 aliphatic carbocycles. The number of nitrogens with zero attached hydrogens (tertiary/aromatic N) is 1. The van der Waals surface area contributed by atoms with E-state index in [-0.39, 0.29) is 5.82 Å². The zero-order chi connectivity index (χ0) is 19.1. The molecular weight excluding hydrogens is 341 g/mol. The van der Waals surface area contributed by atoms with Crippen LogP contribution < -0.4 is 4.74 Å². The van der Waals surface area contributed by atoms with Crippen LogP contribution in [0.3, 0.4) is 0 Å². The first-order valence-corrected chi connectivity index (χ1v) is 9.89. The molecule has 0 radical (unpaired) electrons. The zero-order valence-corrected chi connectivity index (χ0v) is 16.4. The normalized spacial score (nSPS) is 16.4. The van der Waals surface area contributed by atoms with Crippen molar-refractivity contribution in [1.29, 1.82) is 0 Å². The average Bonchev–Trinajstić information content (AvgIpc) is 2.63. The molecule has 0 amide bonds. The molecule has 1 aliphatic rings. The highest BCUT2D eigenvalue weighted by molar-refractivity contribution is 5.39. The fourth-order valence-electron chi connectivity index (χ4n) is 3.36. The molecule has 1 aliphatic heterocycles. The van der Waals surface area contributed by atoms with Crippen molar-refractivity contribution in [3.63, 3.8) is 0 Å². The predicted octanol–water partition coefficient (Wildman–Crippen LogP) is 4.67. The second kappa shape index (κ2) is 9.86. The van der Waals surface area contributed by atoms with Gasteiger partial charge in [-0.15, -0.1) is 0 Å². The summed E-state index contributed by atoms with van der Waals surface area (Å²) in [5.74, 6) is 1.19. The van der Waals surface area contributed by atoms with Crippen LogP contribution in [0, 0.1) is 11.7 Å². The molecule has 2 aromatic rings. The molecule has 0 aromatic heterocycles. The van der Waals surface area contributed by atoms with E-state index < -0.39 is 0 Å². The molecule has 0 saturated heterocycles. The van der Waals surface area contributed by atoms with E-state index in [2.05, 4.69) is 43.0 Å². The van der Waals surface area contributed by atoms with Gasteiger partial charge in [0.05, 0.1) is 13.2 Å². The summed E-state index contributed by atoms with van der Waals surface area (Å²) >= 11 is 0. The monoisotopic (exact) mass is 371 g/mol. The third-order valence-electron chi connectivity index (χ3n) is 4.87. The second-order valence-electron chi connectivity index (χ2n) is 7.67. The Morgan fingerprint density at radius 2 is 1.89 bits per heavy atom. The van der Waals surface area contributed by atoms with Gasteiger partial charge >= 0.3 is 0 Å². The maximum absolute atomic E-state index is 13.8. The molecule has 1 heterocycles. The van der Waals surface area contributed by atoms with Crippen molar-refractivity contribution < 1.29 is 13.9 Å². The van der Waals surface area contributed by atoms with E-state index in [1.807, 2.05) is 0 Å². The number of benzene rings is 2. The van der Waals surface area contributed by atoms with Gasteiger partial charge in [0, 0.05) is 25.1 Å². The molecular formula is C23H30FNO2. The lowest BCUT2D eigenvalue weighted by atomic mass is 10.0. The van der Waals surface area contributed by atoms with E-state index in [0.29, 0.717) is 32.2 Å². The lowest BCUT2D eigenvalue weighted by molar-refractivity contribution is 0.0764. The van der Waals surface area contributed by atoms with Crippen molar-refractivity contribution in [1.82, 2.24) is 4.90 Å². The first-order chi connectivity index (χ1) is 13.1. The Morgan fingerprint density at radius 3 is 2.74 bits per heavy atom. The Bertz CT molecular complexity index is 732. The van der Waals surface area contributed by atoms with Gasteiger partial charge < -0.3 is 9.47 Å². The molecule has 2 bridgehead atoms. The molecule has 146 valence electrons. The van der Waals surface area contributed by atoms with Gasteiger partial charge in [0.25, 0.3) is 0 Å². The third-order valence-corrected chi connectivity index (χ3v) is 4.87. The smallest absolute Gasteiger partial charge is 0.123 e. The summed E-state index contributed by atoms with van der Waals surface area (Å²) in [4.78, 5) is 2.46. The first kappa shape index (κ1) is 19.8. The minimum atomic E-state index is -0.231. The quantitative estimate of drug-likeness (QED) is 0.782. The Kier molecular flexibility index (Phi) is 7.25. The number of ether oxygens (including phenoxy) is 2. The van der Waals surface area contributed by atoms with Crippen LogP contribution in [0.15, 0.2) is 42.5 Å². The van der Waals surface area contributed by atoms with Gasteiger partial charge in [0.2, 0.25) is 0 Å². The maximum Gasteiger partial charge on any atom is 0.123 e. The van der Waals surface area contributed by atoms with Gasteiger partial charge in [-0.05, 0) is 48.2 Å². The summed E-state index contributed by atoms with van der Waals surface area (Å²) in [6.07, 6.45) is 1.84. The standard InChI is InChI=1S/C23H30FNO2/c1-18(2)8-9-25-10-11-26-12-13-27-23-7-6-22(24)16-21(23)15-19-4-3-5-20(14-19)17-25/h3-7,14,16,18H,8-13,15,17H2,1-2H3. The molecule has 0 unspecified atom stereocenters. The fraction of sp³-hybridized carbons (Fsp3) is 0.478. The van der Waals surface area contributed by atoms with Crippen LogP contribution in [-0.4, -0.2) is 37.8 Å². The second-order valence-corrected chi connectivity index (χ2v) is 7.67. The maximum atomic E-state index is 13.8. The van der Waals surface area contributed by atoms with E-state index in [9.17, 15) is 4.39 Å². The lowest BCUT2D eigenvalue weighted by Crippen LogP contribution is -2.29. The van der Waals surface area contributed by atoms with Gasteiger partial charge in [-0.25, -0.2) is 4.39 Å². The van der Waals surface area contributed by atoms with Crippen molar-refractivity contribution >= 4 is 0 Å². The van der Waals surface area contributed by atoms with Gasteiger partial charge in [-0.1, -0.05) is 38.1 Å². The molecule has 0 saturated carbocycles. The van der Waals surface area contributed by atoms with Gasteiger partial charge in [0.1, 0.15) is 18.2 Å². The highest BCUT2D eigenvalue weighted by Crippen LogP contribution is 2.24. The van der Waals surface area contributed by atoms with Crippen LogP contribution in [0.5, 0.6) is 5.75 Å². The molecule has 3 nitrogen and oxygen atoms in total. The summed E-state index contributed by atoms with van der Waals surface area (Å²) < 4.78 is 25.4. The number of fused-ring (bicyclic) bond motifs is 3. The minimum absolute atomic E-state index is 0.231. The molecule has 0 spiro atoms. The highest BCUT2D eigenvalue weighted by atomic mass is 19.1. The molecule has 27 heavy (non-hydrogen) atoms. The van der Waals surface area contributed by atoms with Gasteiger partial charge in [-0.2, -0.15) is 0 Å². The summed E-state index contributed by atoms with van der Waals surface area (Å²) in [6, 6.07) is 13.3. The Morgan fingerprint density at radius 1 is 1.04 bits per heavy atom. The number of hydrogen-bond acceptors (Lipinski definition) is 3. The first-order valence-electron chi connectivity index (χ1n) is 9.89. The molecule has 3 rings (SSSR count). The fourth-order valence-corrected chi connectivity index (χ4v) is 3.36. The van der Waals surface area contributed by atoms with Crippen LogP contribution in [0.2, 0.25) is 0 Å². The summed E-state index contributed by atoms with van der Waals surface area (Å²) in [5, 5.41) is 0. The summed E-state index contributed by atoms with van der Waals surface area (Å²) in [7, 11) is 0. The lowest BCUT2D eigenvalue weighted by Gasteiger charge is -2.24. The van der Waals surface area contributed by atoms with E-state index in [1.54, 1.807) is 12.1 Å². The van der Waals surface area contributed by atoms with Crippen molar-refractivity contribution in [2.24, 2.45) is 5.92 Å². The van der Waals surface area contributed by atoms with E-state index >= 15 is 0 Å². The molecule has 4 heteroatoms. The number of hydrogen-bond donors (Lipinski definition) is 0. The van der Waals surface area contributed by atoms with Crippen molar-refractivity contribution in [3.05, 3.63) is 65.0 Å². The van der Waals surface area contributed by atoms with Crippen molar-refractivity contribution in [2.45, 2.75) is 33.2 Å². The summed E-state index contributed by atoms with van der Waals surface area (Å²) in [5.41, 5.74) is 3.34. The predicted molar refractivity (Wildman–Crippen MR) is 107 cm³/mol. The number of halogens is 1. The third kappa shape index (κ3) is 6.33.